The highest BCUT2D eigenvalue weighted by atomic mass is 16.5. The lowest BCUT2D eigenvalue weighted by molar-refractivity contribution is -0.0601. The van der Waals surface area contributed by atoms with Gasteiger partial charge in [0, 0.05) is 13.7 Å². The lowest BCUT2D eigenvalue weighted by atomic mass is 9.80. The third kappa shape index (κ3) is 2.48. The van der Waals surface area contributed by atoms with Crippen LogP contribution in [0.15, 0.2) is 6.33 Å². The summed E-state index contributed by atoms with van der Waals surface area (Å²) in [7, 11) is 1.75. The highest BCUT2D eigenvalue weighted by molar-refractivity contribution is 5.66. The molecule has 2 rings (SSSR count). The molecule has 0 atom stereocenters. The lowest BCUT2D eigenvalue weighted by Crippen LogP contribution is -2.45. The van der Waals surface area contributed by atoms with Gasteiger partial charge in [0.05, 0.1) is 12.2 Å². The molecule has 100 valence electrons. The summed E-state index contributed by atoms with van der Waals surface area (Å²) in [6.45, 7) is 3.13. The first-order valence-corrected chi connectivity index (χ1v) is 6.23. The van der Waals surface area contributed by atoms with Gasteiger partial charge < -0.3 is 20.5 Å². The maximum atomic E-state index is 5.95. The molecule has 1 heterocycles. The van der Waals surface area contributed by atoms with Crippen molar-refractivity contribution in [1.29, 1.82) is 0 Å². The highest BCUT2D eigenvalue weighted by Gasteiger charge is 2.36. The number of methoxy groups -OCH3 is 1. The number of ether oxygens (including phenoxy) is 2. The van der Waals surface area contributed by atoms with Crippen LogP contribution in [0.2, 0.25) is 0 Å². The summed E-state index contributed by atoms with van der Waals surface area (Å²) in [5.74, 6) is 1.03. The van der Waals surface area contributed by atoms with Crippen LogP contribution in [0.5, 0.6) is 5.88 Å². The van der Waals surface area contributed by atoms with Crippen LogP contribution in [0.4, 0.5) is 11.5 Å². The predicted octanol–water partition coefficient (Wildman–Crippen LogP) is 1.44. The Bertz CT molecular complexity index is 402. The molecule has 18 heavy (non-hydrogen) atoms. The number of aromatic nitrogens is 2. The molecule has 1 saturated carbocycles. The van der Waals surface area contributed by atoms with E-state index < -0.39 is 0 Å². The quantitative estimate of drug-likeness (QED) is 0.797. The van der Waals surface area contributed by atoms with Gasteiger partial charge >= 0.3 is 0 Å². The number of nitrogens with zero attached hydrogens (tertiary/aromatic N) is 2. The molecule has 1 aliphatic rings. The number of anilines is 2. The maximum Gasteiger partial charge on any atom is 0.242 e. The fourth-order valence-electron chi connectivity index (χ4n) is 2.04. The lowest BCUT2D eigenvalue weighted by Gasteiger charge is -2.40. The van der Waals surface area contributed by atoms with Gasteiger partial charge in [-0.25, -0.2) is 4.98 Å². The maximum absolute atomic E-state index is 5.95. The van der Waals surface area contributed by atoms with E-state index in [-0.39, 0.29) is 5.60 Å². The zero-order valence-corrected chi connectivity index (χ0v) is 10.9. The summed E-state index contributed by atoms with van der Waals surface area (Å²) in [4.78, 5) is 8.13. The minimum Gasteiger partial charge on any atom is -0.476 e. The smallest absolute Gasteiger partial charge is 0.242 e. The molecule has 6 nitrogen and oxygen atoms in total. The van der Waals surface area contributed by atoms with Gasteiger partial charge in [0.2, 0.25) is 5.88 Å². The number of rotatable bonds is 6. The van der Waals surface area contributed by atoms with E-state index in [9.17, 15) is 0 Å². The standard InChI is InChI=1S/C12H20N4O2/c1-3-18-11-9(13)10(15-8-16-11)14-7-12(17-2)5-4-6-12/h8H,3-7,13H2,1-2H3,(H,14,15,16). The summed E-state index contributed by atoms with van der Waals surface area (Å²) in [5, 5.41) is 3.22. The molecule has 1 aromatic rings. The van der Waals surface area contributed by atoms with Crippen LogP contribution in [0, 0.1) is 0 Å². The van der Waals surface area contributed by atoms with Gasteiger partial charge in [-0.15, -0.1) is 0 Å². The van der Waals surface area contributed by atoms with E-state index in [1.54, 1.807) is 7.11 Å². The molecule has 0 saturated heterocycles. The number of nitrogens with one attached hydrogen (secondary N) is 1. The van der Waals surface area contributed by atoms with Crippen molar-refractivity contribution in [1.82, 2.24) is 9.97 Å². The molecule has 0 spiro atoms. The van der Waals surface area contributed by atoms with E-state index in [4.69, 9.17) is 15.2 Å². The SMILES string of the molecule is CCOc1ncnc(NCC2(OC)CCC2)c1N. The average molecular weight is 252 g/mol. The Morgan fingerprint density at radius 1 is 1.44 bits per heavy atom. The van der Waals surface area contributed by atoms with Crippen molar-refractivity contribution in [3.63, 3.8) is 0 Å². The van der Waals surface area contributed by atoms with Gasteiger partial charge in [0.15, 0.2) is 5.82 Å². The Labute approximate surface area is 107 Å². The Hall–Kier alpha value is -1.56. The summed E-state index contributed by atoms with van der Waals surface area (Å²) < 4.78 is 10.9. The second-order valence-corrected chi connectivity index (χ2v) is 4.47. The average Bonchev–Trinajstić information content (AvgIpc) is 2.33. The van der Waals surface area contributed by atoms with E-state index in [1.165, 1.54) is 12.7 Å². The molecule has 0 aromatic carbocycles. The first-order chi connectivity index (χ1) is 8.71. The molecule has 0 aliphatic heterocycles. The van der Waals surface area contributed by atoms with Gasteiger partial charge in [-0.2, -0.15) is 4.98 Å². The number of nitrogen functional groups attached to an aromatic ring is 1. The van der Waals surface area contributed by atoms with Crippen molar-refractivity contribution in [2.45, 2.75) is 31.8 Å². The molecule has 3 N–H and O–H groups in total. The van der Waals surface area contributed by atoms with Gasteiger partial charge in [-0.3, -0.25) is 0 Å². The summed E-state index contributed by atoms with van der Waals surface area (Å²) in [5.41, 5.74) is 6.33. The molecule has 1 fully saturated rings. The van der Waals surface area contributed by atoms with Crippen molar-refractivity contribution in [2.24, 2.45) is 0 Å². The molecule has 1 aliphatic carbocycles. The number of nitrogens with two attached hydrogens (primary N) is 1. The van der Waals surface area contributed by atoms with E-state index >= 15 is 0 Å². The summed E-state index contributed by atoms with van der Waals surface area (Å²) >= 11 is 0. The Balaban J connectivity index is 2.02. The van der Waals surface area contributed by atoms with Gasteiger partial charge in [0.25, 0.3) is 0 Å². The highest BCUT2D eigenvalue weighted by Crippen LogP contribution is 2.35. The van der Waals surface area contributed by atoms with Crippen molar-refractivity contribution in [2.75, 3.05) is 31.3 Å². The zero-order valence-electron chi connectivity index (χ0n) is 10.9. The van der Waals surface area contributed by atoms with Crippen LogP contribution in [-0.2, 0) is 4.74 Å². The fraction of sp³-hybridized carbons (Fsp3) is 0.667. The normalized spacial score (nSPS) is 17.0. The van der Waals surface area contributed by atoms with Gasteiger partial charge in [0.1, 0.15) is 12.0 Å². The van der Waals surface area contributed by atoms with E-state index in [0.29, 0.717) is 30.5 Å². The minimum atomic E-state index is -0.0663. The van der Waals surface area contributed by atoms with Crippen LogP contribution in [-0.4, -0.2) is 35.8 Å². The third-order valence-corrected chi connectivity index (χ3v) is 3.40. The first kappa shape index (κ1) is 12.9. The largest absolute Gasteiger partial charge is 0.476 e. The van der Waals surface area contributed by atoms with Crippen molar-refractivity contribution in [3.8, 4) is 5.88 Å². The first-order valence-electron chi connectivity index (χ1n) is 6.23. The number of hydrogen-bond acceptors (Lipinski definition) is 6. The Kier molecular flexibility index (Phi) is 3.86. The number of hydrogen-bond donors (Lipinski definition) is 2. The van der Waals surface area contributed by atoms with Crippen LogP contribution >= 0.6 is 0 Å². The minimum absolute atomic E-state index is 0.0663. The van der Waals surface area contributed by atoms with Crippen molar-refractivity contribution < 1.29 is 9.47 Å². The molecular weight excluding hydrogens is 232 g/mol. The monoisotopic (exact) mass is 252 g/mol. The third-order valence-electron chi connectivity index (χ3n) is 3.40. The molecule has 0 amide bonds. The molecule has 0 radical (unpaired) electrons. The molecule has 1 aromatic heterocycles. The summed E-state index contributed by atoms with van der Waals surface area (Å²) in [6.07, 6.45) is 4.79. The van der Waals surface area contributed by atoms with Crippen LogP contribution in [0.3, 0.4) is 0 Å². The van der Waals surface area contributed by atoms with Crippen LogP contribution < -0.4 is 15.8 Å². The van der Waals surface area contributed by atoms with Crippen molar-refractivity contribution in [3.05, 3.63) is 6.33 Å². The second-order valence-electron chi connectivity index (χ2n) is 4.47. The Morgan fingerprint density at radius 3 is 2.78 bits per heavy atom. The predicted molar refractivity (Wildman–Crippen MR) is 69.7 cm³/mol. The fourth-order valence-corrected chi connectivity index (χ4v) is 2.04. The van der Waals surface area contributed by atoms with Crippen LogP contribution in [0.25, 0.3) is 0 Å². The zero-order chi connectivity index (χ0) is 13.0. The van der Waals surface area contributed by atoms with Crippen LogP contribution in [0.1, 0.15) is 26.2 Å². The molecule has 0 unspecified atom stereocenters. The topological polar surface area (TPSA) is 82.3 Å². The summed E-state index contributed by atoms with van der Waals surface area (Å²) in [6, 6.07) is 0. The Morgan fingerprint density at radius 2 is 2.22 bits per heavy atom. The van der Waals surface area contributed by atoms with Gasteiger partial charge in [-0.1, -0.05) is 0 Å². The van der Waals surface area contributed by atoms with E-state index in [2.05, 4.69) is 15.3 Å². The van der Waals surface area contributed by atoms with Gasteiger partial charge in [-0.05, 0) is 26.2 Å². The van der Waals surface area contributed by atoms with E-state index in [0.717, 1.165) is 12.8 Å². The molecule has 6 heteroatoms. The molecule has 0 bridgehead atoms. The molecular formula is C12H20N4O2. The van der Waals surface area contributed by atoms with Crippen molar-refractivity contribution >= 4 is 11.5 Å². The van der Waals surface area contributed by atoms with E-state index in [1.807, 2.05) is 6.92 Å². The second kappa shape index (κ2) is 5.39.